The number of carbonyl (C=O) groups excluding carboxylic acids is 1. The summed E-state index contributed by atoms with van der Waals surface area (Å²) in [5.74, 6) is 2.02. The largest absolute Gasteiger partial charge is 0.485 e. The van der Waals surface area contributed by atoms with Gasteiger partial charge in [-0.2, -0.15) is 0 Å². The van der Waals surface area contributed by atoms with Crippen molar-refractivity contribution in [3.05, 3.63) is 24.3 Å². The first-order valence-corrected chi connectivity index (χ1v) is 6.91. The van der Waals surface area contributed by atoms with Crippen LogP contribution in [0.1, 0.15) is 19.8 Å². The number of hydrogen-bond acceptors (Lipinski definition) is 3. The van der Waals surface area contributed by atoms with Crippen LogP contribution in [0.15, 0.2) is 24.3 Å². The van der Waals surface area contributed by atoms with E-state index in [9.17, 15) is 4.79 Å². The van der Waals surface area contributed by atoms with Gasteiger partial charge in [0.05, 0.1) is 0 Å². The van der Waals surface area contributed by atoms with Gasteiger partial charge in [0.15, 0.2) is 11.5 Å². The summed E-state index contributed by atoms with van der Waals surface area (Å²) in [7, 11) is 0. The molecule has 1 fully saturated rings. The SMILES string of the molecule is C[C@@H]1CCCN(C(=O)[C@@H]2COc3ccccc3O2)C1. The minimum absolute atomic E-state index is 0.0565. The van der Waals surface area contributed by atoms with E-state index in [1.54, 1.807) is 0 Å². The van der Waals surface area contributed by atoms with E-state index in [0.717, 1.165) is 25.3 Å². The second-order valence-corrected chi connectivity index (χ2v) is 5.40. The molecule has 0 aliphatic carbocycles. The average Bonchev–Trinajstić information content (AvgIpc) is 2.46. The highest BCUT2D eigenvalue weighted by Gasteiger charge is 2.32. The fourth-order valence-electron chi connectivity index (χ4n) is 2.73. The molecule has 2 aliphatic rings. The van der Waals surface area contributed by atoms with Crippen LogP contribution >= 0.6 is 0 Å². The Hall–Kier alpha value is -1.71. The number of ether oxygens (including phenoxy) is 2. The van der Waals surface area contributed by atoms with Crippen LogP contribution in [0.3, 0.4) is 0 Å². The van der Waals surface area contributed by atoms with Gasteiger partial charge in [0.25, 0.3) is 5.91 Å². The molecule has 1 aromatic carbocycles. The minimum atomic E-state index is -0.500. The molecule has 0 radical (unpaired) electrons. The summed E-state index contributed by atoms with van der Waals surface area (Å²) in [6.07, 6.45) is 1.78. The molecule has 3 rings (SSSR count). The van der Waals surface area contributed by atoms with E-state index in [-0.39, 0.29) is 5.91 Å². The second-order valence-electron chi connectivity index (χ2n) is 5.40. The van der Waals surface area contributed by atoms with Crippen molar-refractivity contribution >= 4 is 5.91 Å². The number of piperidine rings is 1. The molecular formula is C15H19NO3. The van der Waals surface area contributed by atoms with Crippen LogP contribution in [-0.2, 0) is 4.79 Å². The predicted molar refractivity (Wildman–Crippen MR) is 71.3 cm³/mol. The van der Waals surface area contributed by atoms with Crippen LogP contribution in [0.5, 0.6) is 11.5 Å². The Bertz CT molecular complexity index is 474. The predicted octanol–water partition coefficient (Wildman–Crippen LogP) is 2.08. The van der Waals surface area contributed by atoms with Crippen molar-refractivity contribution in [2.24, 2.45) is 5.92 Å². The van der Waals surface area contributed by atoms with Gasteiger partial charge in [-0.25, -0.2) is 0 Å². The minimum Gasteiger partial charge on any atom is -0.485 e. The topological polar surface area (TPSA) is 38.8 Å². The molecule has 0 saturated carbocycles. The lowest BCUT2D eigenvalue weighted by Gasteiger charge is -2.35. The van der Waals surface area contributed by atoms with Gasteiger partial charge in [-0.3, -0.25) is 4.79 Å². The van der Waals surface area contributed by atoms with Gasteiger partial charge >= 0.3 is 0 Å². The first-order valence-electron chi connectivity index (χ1n) is 6.91. The number of hydrogen-bond donors (Lipinski definition) is 0. The summed E-state index contributed by atoms with van der Waals surface area (Å²) < 4.78 is 11.4. The van der Waals surface area contributed by atoms with Gasteiger partial charge in [-0.1, -0.05) is 19.1 Å². The summed E-state index contributed by atoms with van der Waals surface area (Å²) in [5.41, 5.74) is 0. The first kappa shape index (κ1) is 12.3. The Kier molecular flexibility index (Phi) is 3.32. The van der Waals surface area contributed by atoms with Crippen molar-refractivity contribution in [2.75, 3.05) is 19.7 Å². The third-order valence-corrected chi connectivity index (χ3v) is 3.75. The normalized spacial score (nSPS) is 26.1. The van der Waals surface area contributed by atoms with Gasteiger partial charge in [-0.15, -0.1) is 0 Å². The highest BCUT2D eigenvalue weighted by Crippen LogP contribution is 2.31. The van der Waals surface area contributed by atoms with E-state index < -0.39 is 6.10 Å². The highest BCUT2D eigenvalue weighted by atomic mass is 16.6. The summed E-state index contributed by atoms with van der Waals surface area (Å²) >= 11 is 0. The number of nitrogens with zero attached hydrogens (tertiary/aromatic N) is 1. The number of likely N-dealkylation sites (tertiary alicyclic amines) is 1. The Morgan fingerprint density at radius 3 is 2.89 bits per heavy atom. The third-order valence-electron chi connectivity index (χ3n) is 3.75. The van der Waals surface area contributed by atoms with Crippen molar-refractivity contribution < 1.29 is 14.3 Å². The van der Waals surface area contributed by atoms with E-state index >= 15 is 0 Å². The fraction of sp³-hybridized carbons (Fsp3) is 0.533. The molecule has 0 aromatic heterocycles. The maximum Gasteiger partial charge on any atom is 0.267 e. The van der Waals surface area contributed by atoms with Crippen LogP contribution in [0, 0.1) is 5.92 Å². The van der Waals surface area contributed by atoms with Crippen molar-refractivity contribution in [3.63, 3.8) is 0 Å². The lowest BCUT2D eigenvalue weighted by molar-refractivity contribution is -0.142. The monoisotopic (exact) mass is 261 g/mol. The van der Waals surface area contributed by atoms with Crippen molar-refractivity contribution in [3.8, 4) is 11.5 Å². The average molecular weight is 261 g/mol. The number of benzene rings is 1. The van der Waals surface area contributed by atoms with Crippen molar-refractivity contribution in [1.82, 2.24) is 4.90 Å². The molecule has 19 heavy (non-hydrogen) atoms. The molecule has 2 aliphatic heterocycles. The highest BCUT2D eigenvalue weighted by molar-refractivity contribution is 5.82. The van der Waals surface area contributed by atoms with E-state index in [1.165, 1.54) is 6.42 Å². The molecule has 2 heterocycles. The molecular weight excluding hydrogens is 242 g/mol. The summed E-state index contributed by atoms with van der Waals surface area (Å²) in [5, 5.41) is 0. The molecule has 0 N–H and O–H groups in total. The maximum atomic E-state index is 12.4. The quantitative estimate of drug-likeness (QED) is 0.777. The summed E-state index contributed by atoms with van der Waals surface area (Å²) in [6.45, 7) is 4.17. The molecule has 1 amide bonds. The van der Waals surface area contributed by atoms with Crippen LogP contribution in [0.25, 0.3) is 0 Å². The molecule has 1 aromatic rings. The smallest absolute Gasteiger partial charge is 0.267 e. The molecule has 2 atom stereocenters. The molecule has 0 bridgehead atoms. The van der Waals surface area contributed by atoms with Crippen LogP contribution in [-0.4, -0.2) is 36.6 Å². The standard InChI is InChI=1S/C15H19NO3/c1-11-5-4-8-16(9-11)15(17)14-10-18-12-6-2-3-7-13(12)19-14/h2-3,6-7,11,14H,4-5,8-10H2,1H3/t11-,14+/m1/s1. The first-order chi connectivity index (χ1) is 9.24. The Morgan fingerprint density at radius 1 is 1.32 bits per heavy atom. The van der Waals surface area contributed by atoms with Crippen LogP contribution in [0.4, 0.5) is 0 Å². The van der Waals surface area contributed by atoms with Gasteiger partial charge in [0.1, 0.15) is 6.61 Å². The summed E-state index contributed by atoms with van der Waals surface area (Å²) in [4.78, 5) is 14.3. The van der Waals surface area contributed by atoms with Gasteiger partial charge in [0, 0.05) is 13.1 Å². The molecule has 1 saturated heterocycles. The zero-order valence-corrected chi connectivity index (χ0v) is 11.2. The third kappa shape index (κ3) is 2.53. The van der Waals surface area contributed by atoms with Gasteiger partial charge < -0.3 is 14.4 Å². The van der Waals surface area contributed by atoms with E-state index in [1.807, 2.05) is 29.2 Å². The molecule has 4 heteroatoms. The number of fused-ring (bicyclic) bond motifs is 1. The number of rotatable bonds is 1. The Labute approximate surface area is 113 Å². The second kappa shape index (κ2) is 5.11. The van der Waals surface area contributed by atoms with Crippen molar-refractivity contribution in [2.45, 2.75) is 25.9 Å². The summed E-state index contributed by atoms with van der Waals surface area (Å²) in [6, 6.07) is 7.49. The number of carbonyl (C=O) groups is 1. The number of amides is 1. The molecule has 0 spiro atoms. The van der Waals surface area contributed by atoms with Crippen molar-refractivity contribution in [1.29, 1.82) is 0 Å². The lowest BCUT2D eigenvalue weighted by atomic mass is 10.00. The zero-order chi connectivity index (χ0) is 13.2. The van der Waals surface area contributed by atoms with E-state index in [2.05, 4.69) is 6.92 Å². The lowest BCUT2D eigenvalue weighted by Crippen LogP contribution is -2.49. The molecule has 4 nitrogen and oxygen atoms in total. The van der Waals surface area contributed by atoms with E-state index in [4.69, 9.17) is 9.47 Å². The Morgan fingerprint density at radius 2 is 2.11 bits per heavy atom. The van der Waals surface area contributed by atoms with Gasteiger partial charge in [-0.05, 0) is 30.9 Å². The van der Waals surface area contributed by atoms with Crippen LogP contribution in [0.2, 0.25) is 0 Å². The van der Waals surface area contributed by atoms with Crippen LogP contribution < -0.4 is 9.47 Å². The Balaban J connectivity index is 1.69. The van der Waals surface area contributed by atoms with E-state index in [0.29, 0.717) is 18.3 Å². The number of para-hydroxylation sites is 2. The zero-order valence-electron chi connectivity index (χ0n) is 11.2. The molecule has 102 valence electrons. The molecule has 0 unspecified atom stereocenters. The fourth-order valence-corrected chi connectivity index (χ4v) is 2.73. The maximum absolute atomic E-state index is 12.4. The van der Waals surface area contributed by atoms with Gasteiger partial charge in [0.2, 0.25) is 6.10 Å².